The minimum absolute atomic E-state index is 0.158. The Morgan fingerprint density at radius 3 is 2.96 bits per heavy atom. The first-order valence-corrected chi connectivity index (χ1v) is 8.74. The molecule has 5 nitrogen and oxygen atoms in total. The molecule has 1 fully saturated rings. The van der Waals surface area contributed by atoms with Crippen LogP contribution in [-0.4, -0.2) is 47.3 Å². The van der Waals surface area contributed by atoms with Gasteiger partial charge in [0.05, 0.1) is 5.52 Å². The largest absolute Gasteiger partial charge is 0.348 e. The molecular formula is C19H21F2N3O2. The van der Waals surface area contributed by atoms with Crippen LogP contribution in [0.1, 0.15) is 36.0 Å². The normalized spacial score (nSPS) is 17.5. The number of piperidine rings is 1. The molecule has 1 aliphatic rings. The van der Waals surface area contributed by atoms with Gasteiger partial charge in [0, 0.05) is 49.1 Å². The van der Waals surface area contributed by atoms with Crippen LogP contribution in [-0.2, 0) is 4.79 Å². The smallest absolute Gasteiger partial charge is 0.251 e. The van der Waals surface area contributed by atoms with Crippen LogP contribution in [0.2, 0.25) is 0 Å². The Bertz CT molecular complexity index is 797. The summed E-state index contributed by atoms with van der Waals surface area (Å²) in [4.78, 5) is 30.3. The van der Waals surface area contributed by atoms with Gasteiger partial charge >= 0.3 is 0 Å². The fourth-order valence-electron chi connectivity index (χ4n) is 3.19. The molecule has 0 radical (unpaired) electrons. The number of aromatic nitrogens is 1. The van der Waals surface area contributed by atoms with Gasteiger partial charge in [0.25, 0.3) is 5.91 Å². The minimum atomic E-state index is -2.47. The van der Waals surface area contributed by atoms with Gasteiger partial charge in [-0.2, -0.15) is 0 Å². The molecule has 1 atom stereocenters. The molecule has 1 aromatic heterocycles. The number of pyridine rings is 1. The number of rotatable bonds is 5. The van der Waals surface area contributed by atoms with Crippen LogP contribution in [0, 0.1) is 0 Å². The fourth-order valence-corrected chi connectivity index (χ4v) is 3.19. The van der Waals surface area contributed by atoms with Gasteiger partial charge in [-0.3, -0.25) is 14.6 Å². The molecule has 0 bridgehead atoms. The molecule has 1 N–H and O–H groups in total. The topological polar surface area (TPSA) is 62.3 Å². The van der Waals surface area contributed by atoms with Gasteiger partial charge in [-0.1, -0.05) is 12.1 Å². The summed E-state index contributed by atoms with van der Waals surface area (Å²) in [5, 5.41) is 3.90. The minimum Gasteiger partial charge on any atom is -0.348 e. The molecular weight excluding hydrogens is 340 g/mol. The third kappa shape index (κ3) is 4.53. The summed E-state index contributed by atoms with van der Waals surface area (Å²) >= 11 is 0. The summed E-state index contributed by atoms with van der Waals surface area (Å²) in [5.41, 5.74) is 1.25. The second kappa shape index (κ2) is 8.21. The van der Waals surface area contributed by atoms with E-state index in [4.69, 9.17) is 0 Å². The van der Waals surface area contributed by atoms with Crippen LogP contribution in [0.4, 0.5) is 8.78 Å². The monoisotopic (exact) mass is 361 g/mol. The number of fused-ring (bicyclic) bond motifs is 1. The maximum absolute atomic E-state index is 12.5. The molecule has 0 aliphatic carbocycles. The summed E-state index contributed by atoms with van der Waals surface area (Å²) < 4.78 is 24.6. The number of hydrogen-bond donors (Lipinski definition) is 1. The lowest BCUT2D eigenvalue weighted by Gasteiger charge is -2.33. The number of halogens is 2. The molecule has 3 rings (SSSR count). The zero-order valence-corrected chi connectivity index (χ0v) is 14.3. The molecule has 0 spiro atoms. The SMILES string of the molecule is O=C(N[C@H]1CCCN(C(=O)CCC(F)F)C1)c1ccc2cccnc2c1. The van der Waals surface area contributed by atoms with Gasteiger partial charge in [0.15, 0.2) is 0 Å². The number of amides is 2. The first-order chi connectivity index (χ1) is 12.5. The van der Waals surface area contributed by atoms with E-state index in [0.717, 1.165) is 23.7 Å². The van der Waals surface area contributed by atoms with Gasteiger partial charge in [0.1, 0.15) is 0 Å². The summed E-state index contributed by atoms with van der Waals surface area (Å²) in [6, 6.07) is 8.91. The second-order valence-corrected chi connectivity index (χ2v) is 6.49. The molecule has 0 unspecified atom stereocenters. The number of carbonyl (C=O) groups is 2. The highest BCUT2D eigenvalue weighted by atomic mass is 19.3. The Morgan fingerprint density at radius 1 is 1.31 bits per heavy atom. The van der Waals surface area contributed by atoms with Crippen molar-refractivity contribution >= 4 is 22.7 Å². The van der Waals surface area contributed by atoms with Gasteiger partial charge in [-0.25, -0.2) is 8.78 Å². The third-order valence-corrected chi connectivity index (χ3v) is 4.55. The molecule has 26 heavy (non-hydrogen) atoms. The van der Waals surface area contributed by atoms with Crippen LogP contribution in [0.15, 0.2) is 36.5 Å². The Labute approximate surface area is 150 Å². The molecule has 138 valence electrons. The molecule has 2 amide bonds. The van der Waals surface area contributed by atoms with E-state index in [1.165, 1.54) is 0 Å². The van der Waals surface area contributed by atoms with Crippen LogP contribution in [0.5, 0.6) is 0 Å². The van der Waals surface area contributed by atoms with Crippen molar-refractivity contribution < 1.29 is 18.4 Å². The lowest BCUT2D eigenvalue weighted by molar-refractivity contribution is -0.133. The average Bonchev–Trinajstić information content (AvgIpc) is 2.65. The van der Waals surface area contributed by atoms with E-state index in [1.807, 2.05) is 18.2 Å². The van der Waals surface area contributed by atoms with Gasteiger partial charge in [0.2, 0.25) is 12.3 Å². The zero-order valence-electron chi connectivity index (χ0n) is 14.3. The summed E-state index contributed by atoms with van der Waals surface area (Å²) in [5.74, 6) is -0.497. The summed E-state index contributed by atoms with van der Waals surface area (Å²) in [7, 11) is 0. The molecule has 2 aromatic rings. The summed E-state index contributed by atoms with van der Waals surface area (Å²) in [6.07, 6.45) is 0.126. The van der Waals surface area contributed by atoms with Crippen LogP contribution in [0.25, 0.3) is 10.9 Å². The zero-order chi connectivity index (χ0) is 18.5. The van der Waals surface area contributed by atoms with E-state index >= 15 is 0 Å². The molecule has 1 saturated heterocycles. The highest BCUT2D eigenvalue weighted by Crippen LogP contribution is 2.16. The summed E-state index contributed by atoms with van der Waals surface area (Å²) in [6.45, 7) is 0.911. The van der Waals surface area contributed by atoms with Crippen molar-refractivity contribution in [3.05, 3.63) is 42.1 Å². The standard InChI is InChI=1S/C19H21F2N3O2/c20-17(21)7-8-18(25)24-10-2-4-15(12-24)23-19(26)14-6-5-13-3-1-9-22-16(13)11-14/h1,3,5-6,9,11,15,17H,2,4,7-8,10,12H2,(H,23,26)/t15-/m0/s1. The number of carbonyl (C=O) groups excluding carboxylic acids is 2. The van der Waals surface area contributed by atoms with E-state index in [2.05, 4.69) is 10.3 Å². The Kier molecular flexibility index (Phi) is 5.75. The third-order valence-electron chi connectivity index (χ3n) is 4.55. The lowest BCUT2D eigenvalue weighted by Crippen LogP contribution is -2.49. The Balaban J connectivity index is 1.60. The predicted molar refractivity (Wildman–Crippen MR) is 94.0 cm³/mol. The highest BCUT2D eigenvalue weighted by molar-refractivity contribution is 5.97. The first kappa shape index (κ1) is 18.2. The van der Waals surface area contributed by atoms with Crippen LogP contribution >= 0.6 is 0 Å². The number of benzene rings is 1. The van der Waals surface area contributed by atoms with Gasteiger partial charge in [-0.05, 0) is 31.0 Å². The molecule has 2 heterocycles. The van der Waals surface area contributed by atoms with Crippen molar-refractivity contribution in [1.29, 1.82) is 0 Å². The van der Waals surface area contributed by atoms with E-state index < -0.39 is 12.8 Å². The maximum atomic E-state index is 12.5. The van der Waals surface area contributed by atoms with E-state index in [1.54, 1.807) is 23.2 Å². The second-order valence-electron chi connectivity index (χ2n) is 6.49. The lowest BCUT2D eigenvalue weighted by atomic mass is 10.0. The number of nitrogens with one attached hydrogen (secondary N) is 1. The van der Waals surface area contributed by atoms with Gasteiger partial charge in [-0.15, -0.1) is 0 Å². The number of hydrogen-bond acceptors (Lipinski definition) is 3. The van der Waals surface area contributed by atoms with Crippen molar-refractivity contribution in [1.82, 2.24) is 15.2 Å². The van der Waals surface area contributed by atoms with Crippen LogP contribution in [0.3, 0.4) is 0 Å². The van der Waals surface area contributed by atoms with Crippen molar-refractivity contribution in [2.75, 3.05) is 13.1 Å². The molecule has 1 aliphatic heterocycles. The molecule has 7 heteroatoms. The van der Waals surface area contributed by atoms with E-state index in [9.17, 15) is 18.4 Å². The fraction of sp³-hybridized carbons (Fsp3) is 0.421. The average molecular weight is 361 g/mol. The maximum Gasteiger partial charge on any atom is 0.251 e. The highest BCUT2D eigenvalue weighted by Gasteiger charge is 2.25. The predicted octanol–water partition coefficient (Wildman–Crippen LogP) is 3.00. The van der Waals surface area contributed by atoms with E-state index in [0.29, 0.717) is 18.7 Å². The molecule has 0 saturated carbocycles. The quantitative estimate of drug-likeness (QED) is 0.891. The Hall–Kier alpha value is -2.57. The number of likely N-dealkylation sites (tertiary alicyclic amines) is 1. The first-order valence-electron chi connectivity index (χ1n) is 8.74. The van der Waals surface area contributed by atoms with Crippen molar-refractivity contribution in [2.24, 2.45) is 0 Å². The van der Waals surface area contributed by atoms with E-state index in [-0.39, 0.29) is 24.3 Å². The van der Waals surface area contributed by atoms with Crippen molar-refractivity contribution in [2.45, 2.75) is 38.2 Å². The van der Waals surface area contributed by atoms with Crippen LogP contribution < -0.4 is 5.32 Å². The number of alkyl halides is 2. The van der Waals surface area contributed by atoms with Gasteiger partial charge < -0.3 is 10.2 Å². The number of nitrogens with zero attached hydrogens (tertiary/aromatic N) is 2. The van der Waals surface area contributed by atoms with Crippen molar-refractivity contribution in [3.63, 3.8) is 0 Å². The molecule has 1 aromatic carbocycles. The van der Waals surface area contributed by atoms with Crippen molar-refractivity contribution in [3.8, 4) is 0 Å². The Morgan fingerprint density at radius 2 is 2.15 bits per heavy atom.